The van der Waals surface area contributed by atoms with E-state index < -0.39 is 10.0 Å². The minimum atomic E-state index is -3.63. The van der Waals surface area contributed by atoms with Gasteiger partial charge in [0.1, 0.15) is 5.76 Å². The lowest BCUT2D eigenvalue weighted by atomic mass is 10.2. The standard InChI is InChI=1S/C12H14N2O3S/c1-8-6-4-5-7-11(8)18(15,16)14-12-9(2)10(3)17-13-12/h4-7H,1-3H3,(H,13,14). The predicted octanol–water partition coefficient (Wildman–Crippen LogP) is 2.40. The van der Waals surface area contributed by atoms with Gasteiger partial charge in [-0.3, -0.25) is 4.72 Å². The zero-order chi connectivity index (χ0) is 13.3. The van der Waals surface area contributed by atoms with Crippen molar-refractivity contribution < 1.29 is 12.9 Å². The van der Waals surface area contributed by atoms with Gasteiger partial charge in [-0.15, -0.1) is 0 Å². The third-order valence-electron chi connectivity index (χ3n) is 2.77. The Morgan fingerprint density at radius 2 is 1.83 bits per heavy atom. The lowest BCUT2D eigenvalue weighted by Gasteiger charge is -2.08. The summed E-state index contributed by atoms with van der Waals surface area (Å²) in [5.41, 5.74) is 1.37. The quantitative estimate of drug-likeness (QED) is 0.925. The Hall–Kier alpha value is -1.82. The Balaban J connectivity index is 2.40. The Kier molecular flexibility index (Phi) is 3.13. The topological polar surface area (TPSA) is 72.2 Å². The second kappa shape index (κ2) is 4.45. The number of hydrogen-bond donors (Lipinski definition) is 1. The minimum absolute atomic E-state index is 0.232. The number of nitrogens with one attached hydrogen (secondary N) is 1. The van der Waals surface area contributed by atoms with Gasteiger partial charge in [0.05, 0.1) is 4.90 Å². The normalized spacial score (nSPS) is 11.5. The molecule has 0 aliphatic heterocycles. The van der Waals surface area contributed by atoms with Crippen LogP contribution in [0, 0.1) is 20.8 Å². The summed E-state index contributed by atoms with van der Waals surface area (Å²) in [5, 5.41) is 3.69. The first-order valence-corrected chi connectivity index (χ1v) is 6.91. The molecule has 1 N–H and O–H groups in total. The largest absolute Gasteiger partial charge is 0.359 e. The maximum atomic E-state index is 12.2. The summed E-state index contributed by atoms with van der Waals surface area (Å²) < 4.78 is 31.7. The Bertz CT molecular complexity index is 674. The third-order valence-corrected chi connectivity index (χ3v) is 4.27. The van der Waals surface area contributed by atoms with Crippen molar-refractivity contribution in [2.75, 3.05) is 4.72 Å². The fourth-order valence-corrected chi connectivity index (χ4v) is 2.86. The van der Waals surface area contributed by atoms with Gasteiger partial charge in [0.25, 0.3) is 10.0 Å². The van der Waals surface area contributed by atoms with Gasteiger partial charge in [0.15, 0.2) is 5.82 Å². The number of sulfonamides is 1. The van der Waals surface area contributed by atoms with Crippen molar-refractivity contribution in [3.8, 4) is 0 Å². The number of rotatable bonds is 3. The van der Waals surface area contributed by atoms with Crippen LogP contribution in [0.25, 0.3) is 0 Å². The maximum Gasteiger partial charge on any atom is 0.263 e. The highest BCUT2D eigenvalue weighted by atomic mass is 32.2. The van der Waals surface area contributed by atoms with Crippen LogP contribution < -0.4 is 4.72 Å². The molecule has 1 aromatic carbocycles. The molecule has 0 saturated carbocycles. The van der Waals surface area contributed by atoms with Crippen molar-refractivity contribution in [1.29, 1.82) is 0 Å². The van der Waals surface area contributed by atoms with Crippen molar-refractivity contribution in [2.45, 2.75) is 25.7 Å². The van der Waals surface area contributed by atoms with Crippen LogP contribution in [0.1, 0.15) is 16.9 Å². The number of aromatic nitrogens is 1. The second-order valence-electron chi connectivity index (χ2n) is 4.08. The van der Waals surface area contributed by atoms with E-state index in [0.717, 1.165) is 0 Å². The van der Waals surface area contributed by atoms with Gasteiger partial charge in [-0.25, -0.2) is 8.42 Å². The van der Waals surface area contributed by atoms with E-state index in [2.05, 4.69) is 9.88 Å². The smallest absolute Gasteiger partial charge is 0.263 e. The van der Waals surface area contributed by atoms with E-state index in [1.807, 2.05) is 0 Å². The lowest BCUT2D eigenvalue weighted by molar-refractivity contribution is 0.399. The van der Waals surface area contributed by atoms with E-state index in [1.54, 1.807) is 45.0 Å². The molecule has 0 bridgehead atoms. The Labute approximate surface area is 106 Å². The molecule has 0 amide bonds. The van der Waals surface area contributed by atoms with Gasteiger partial charge in [-0.05, 0) is 32.4 Å². The lowest BCUT2D eigenvalue weighted by Crippen LogP contribution is -2.15. The summed E-state index contributed by atoms with van der Waals surface area (Å²) in [6.45, 7) is 5.23. The molecule has 0 aliphatic carbocycles. The van der Waals surface area contributed by atoms with Gasteiger partial charge in [0.2, 0.25) is 0 Å². The molecule has 0 unspecified atom stereocenters. The zero-order valence-corrected chi connectivity index (χ0v) is 11.2. The number of hydrogen-bond acceptors (Lipinski definition) is 4. The van der Waals surface area contributed by atoms with E-state index in [1.165, 1.54) is 0 Å². The molecule has 0 aliphatic rings. The maximum absolute atomic E-state index is 12.2. The van der Waals surface area contributed by atoms with E-state index in [9.17, 15) is 8.42 Å². The summed E-state index contributed by atoms with van der Waals surface area (Å²) >= 11 is 0. The summed E-state index contributed by atoms with van der Waals surface area (Å²) in [6.07, 6.45) is 0. The first-order valence-electron chi connectivity index (χ1n) is 5.43. The van der Waals surface area contributed by atoms with E-state index in [0.29, 0.717) is 16.9 Å². The molecule has 2 rings (SSSR count). The first-order chi connectivity index (χ1) is 8.42. The average Bonchev–Trinajstić information content (AvgIpc) is 2.61. The Morgan fingerprint density at radius 3 is 2.39 bits per heavy atom. The fourth-order valence-electron chi connectivity index (χ4n) is 1.55. The van der Waals surface area contributed by atoms with Gasteiger partial charge >= 0.3 is 0 Å². The SMILES string of the molecule is Cc1ccccc1S(=O)(=O)Nc1noc(C)c1C. The van der Waals surface area contributed by atoms with Crippen molar-refractivity contribution in [1.82, 2.24) is 5.16 Å². The molecule has 2 aromatic rings. The highest BCUT2D eigenvalue weighted by molar-refractivity contribution is 7.92. The molecule has 5 nitrogen and oxygen atoms in total. The van der Waals surface area contributed by atoms with Crippen LogP contribution in [0.15, 0.2) is 33.7 Å². The summed E-state index contributed by atoms with van der Waals surface area (Å²) in [7, 11) is -3.63. The van der Waals surface area contributed by atoms with Crippen molar-refractivity contribution in [2.24, 2.45) is 0 Å². The van der Waals surface area contributed by atoms with Crippen LogP contribution in [0.4, 0.5) is 5.82 Å². The van der Waals surface area contributed by atoms with Gasteiger partial charge in [0, 0.05) is 5.56 Å². The van der Waals surface area contributed by atoms with Crippen molar-refractivity contribution in [3.05, 3.63) is 41.2 Å². The van der Waals surface area contributed by atoms with Crippen molar-refractivity contribution >= 4 is 15.8 Å². The number of aryl methyl sites for hydroxylation is 2. The van der Waals surface area contributed by atoms with Gasteiger partial charge in [-0.1, -0.05) is 23.4 Å². The minimum Gasteiger partial charge on any atom is -0.359 e. The third kappa shape index (κ3) is 2.24. The molecular formula is C12H14N2O3S. The molecule has 1 heterocycles. The fraction of sp³-hybridized carbons (Fsp3) is 0.250. The summed E-state index contributed by atoms with van der Waals surface area (Å²) in [6, 6.07) is 6.78. The van der Waals surface area contributed by atoms with E-state index >= 15 is 0 Å². The van der Waals surface area contributed by atoms with Gasteiger partial charge < -0.3 is 4.52 Å². The summed E-state index contributed by atoms with van der Waals surface area (Å²) in [4.78, 5) is 0.241. The van der Waals surface area contributed by atoms with E-state index in [-0.39, 0.29) is 10.7 Å². The second-order valence-corrected chi connectivity index (χ2v) is 5.73. The van der Waals surface area contributed by atoms with Gasteiger partial charge in [-0.2, -0.15) is 0 Å². The van der Waals surface area contributed by atoms with Crippen LogP contribution in [0.2, 0.25) is 0 Å². The highest BCUT2D eigenvalue weighted by Gasteiger charge is 2.19. The van der Waals surface area contributed by atoms with Crippen LogP contribution in [-0.2, 0) is 10.0 Å². The first kappa shape index (κ1) is 12.6. The van der Waals surface area contributed by atoms with E-state index in [4.69, 9.17) is 4.52 Å². The Morgan fingerprint density at radius 1 is 1.17 bits per heavy atom. The average molecular weight is 266 g/mol. The molecule has 0 saturated heterocycles. The van der Waals surface area contributed by atoms with Crippen LogP contribution in [0.3, 0.4) is 0 Å². The van der Waals surface area contributed by atoms with Crippen LogP contribution in [0.5, 0.6) is 0 Å². The number of anilines is 1. The van der Waals surface area contributed by atoms with Crippen molar-refractivity contribution in [3.63, 3.8) is 0 Å². The monoisotopic (exact) mass is 266 g/mol. The molecule has 6 heteroatoms. The highest BCUT2D eigenvalue weighted by Crippen LogP contribution is 2.22. The molecule has 0 radical (unpaired) electrons. The van der Waals surface area contributed by atoms with Crippen LogP contribution in [-0.4, -0.2) is 13.6 Å². The molecule has 0 fully saturated rings. The van der Waals surface area contributed by atoms with Crippen LogP contribution >= 0.6 is 0 Å². The molecule has 0 spiro atoms. The molecular weight excluding hydrogens is 252 g/mol. The zero-order valence-electron chi connectivity index (χ0n) is 10.4. The molecule has 0 atom stereocenters. The molecule has 1 aromatic heterocycles. The number of nitrogens with zero attached hydrogens (tertiary/aromatic N) is 1. The molecule has 96 valence electrons. The summed E-state index contributed by atoms with van der Waals surface area (Å²) in [5.74, 6) is 0.827. The molecule has 18 heavy (non-hydrogen) atoms. The number of benzene rings is 1. The predicted molar refractivity (Wildman–Crippen MR) is 68.0 cm³/mol.